The quantitative estimate of drug-likeness (QED) is 0.577. The Kier molecular flexibility index (Phi) is 6.63. The predicted octanol–water partition coefficient (Wildman–Crippen LogP) is 3.31. The highest BCUT2D eigenvalue weighted by Crippen LogP contribution is 2.11. The van der Waals surface area contributed by atoms with Crippen LogP contribution in [0.4, 0.5) is 10.5 Å². The average molecular weight is 391 g/mol. The number of carbonyl (C=O) groups is 2. The zero-order valence-electron chi connectivity index (χ0n) is 16.6. The van der Waals surface area contributed by atoms with Gasteiger partial charge in [0.15, 0.2) is 0 Å². The Morgan fingerprint density at radius 3 is 2.48 bits per heavy atom. The Balaban J connectivity index is 1.52. The number of amides is 3. The first kappa shape index (κ1) is 20.1. The molecule has 3 amide bonds. The first-order chi connectivity index (χ1) is 14.0. The molecule has 7 nitrogen and oxygen atoms in total. The zero-order valence-corrected chi connectivity index (χ0v) is 16.6. The minimum Gasteiger partial charge on any atom is -0.352 e. The molecule has 0 unspecified atom stereocenters. The number of nitrogens with zero attached hydrogens (tertiary/aromatic N) is 2. The van der Waals surface area contributed by atoms with Crippen molar-refractivity contribution in [1.29, 1.82) is 0 Å². The summed E-state index contributed by atoms with van der Waals surface area (Å²) in [6.07, 6.45) is 3.73. The van der Waals surface area contributed by atoms with Crippen molar-refractivity contribution in [2.75, 3.05) is 11.9 Å². The normalized spacial score (nSPS) is 10.4. The number of nitrogens with one attached hydrogen (secondary N) is 3. The van der Waals surface area contributed by atoms with E-state index in [1.54, 1.807) is 30.5 Å². The van der Waals surface area contributed by atoms with Crippen molar-refractivity contribution in [3.63, 3.8) is 0 Å². The largest absolute Gasteiger partial charge is 0.352 e. The molecule has 0 aliphatic heterocycles. The van der Waals surface area contributed by atoms with Crippen LogP contribution in [-0.4, -0.2) is 28.0 Å². The highest BCUT2D eigenvalue weighted by Gasteiger charge is 2.06. The van der Waals surface area contributed by atoms with Crippen molar-refractivity contribution in [3.8, 4) is 0 Å². The van der Waals surface area contributed by atoms with Gasteiger partial charge in [-0.2, -0.15) is 0 Å². The third kappa shape index (κ3) is 5.68. The van der Waals surface area contributed by atoms with Crippen LogP contribution >= 0.6 is 0 Å². The predicted molar refractivity (Wildman–Crippen MR) is 113 cm³/mol. The lowest BCUT2D eigenvalue weighted by Crippen LogP contribution is -2.28. The van der Waals surface area contributed by atoms with E-state index in [2.05, 4.69) is 37.6 Å². The third-order valence-corrected chi connectivity index (χ3v) is 4.46. The molecule has 0 bridgehead atoms. The molecular formula is C22H25N5O2. The molecule has 29 heavy (non-hydrogen) atoms. The van der Waals surface area contributed by atoms with Crippen LogP contribution in [0.1, 0.15) is 34.2 Å². The molecule has 0 aliphatic rings. The molecular weight excluding hydrogens is 366 g/mol. The van der Waals surface area contributed by atoms with Gasteiger partial charge in [0.25, 0.3) is 5.91 Å². The van der Waals surface area contributed by atoms with Gasteiger partial charge in [-0.3, -0.25) is 4.79 Å². The molecule has 0 radical (unpaired) electrons. The summed E-state index contributed by atoms with van der Waals surface area (Å²) in [5, 5.41) is 8.37. The monoisotopic (exact) mass is 391 g/mol. The smallest absolute Gasteiger partial charge is 0.319 e. The Morgan fingerprint density at radius 2 is 1.79 bits per heavy atom. The lowest BCUT2D eigenvalue weighted by Gasteiger charge is -2.10. The van der Waals surface area contributed by atoms with Gasteiger partial charge in [0.2, 0.25) is 0 Å². The second kappa shape index (κ2) is 9.54. The van der Waals surface area contributed by atoms with E-state index in [1.807, 2.05) is 32.2 Å². The van der Waals surface area contributed by atoms with Gasteiger partial charge in [0.1, 0.15) is 5.82 Å². The second-order valence-electron chi connectivity index (χ2n) is 6.67. The number of benzene rings is 2. The first-order valence-corrected chi connectivity index (χ1v) is 9.54. The SMILES string of the molecule is CCNC(=O)c1ccc(NC(=O)NCc2cccc(Cn3ccnc3C)c2)cc1. The van der Waals surface area contributed by atoms with E-state index in [4.69, 9.17) is 0 Å². The highest BCUT2D eigenvalue weighted by atomic mass is 16.2. The zero-order chi connectivity index (χ0) is 20.6. The van der Waals surface area contributed by atoms with Crippen molar-refractivity contribution >= 4 is 17.6 Å². The van der Waals surface area contributed by atoms with Gasteiger partial charge in [-0.25, -0.2) is 9.78 Å². The van der Waals surface area contributed by atoms with Crippen LogP contribution in [0.2, 0.25) is 0 Å². The summed E-state index contributed by atoms with van der Waals surface area (Å²) in [4.78, 5) is 28.2. The van der Waals surface area contributed by atoms with Crippen molar-refractivity contribution in [2.24, 2.45) is 0 Å². The molecule has 0 fully saturated rings. The average Bonchev–Trinajstić information content (AvgIpc) is 3.12. The summed E-state index contributed by atoms with van der Waals surface area (Å²) in [7, 11) is 0. The van der Waals surface area contributed by atoms with Crippen LogP contribution in [-0.2, 0) is 13.1 Å². The second-order valence-corrected chi connectivity index (χ2v) is 6.67. The Morgan fingerprint density at radius 1 is 1.03 bits per heavy atom. The van der Waals surface area contributed by atoms with E-state index in [9.17, 15) is 9.59 Å². The van der Waals surface area contributed by atoms with Crippen LogP contribution in [0.15, 0.2) is 60.9 Å². The lowest BCUT2D eigenvalue weighted by atomic mass is 10.1. The summed E-state index contributed by atoms with van der Waals surface area (Å²) in [5.74, 6) is 0.834. The minimum atomic E-state index is -0.299. The van der Waals surface area contributed by atoms with E-state index in [0.29, 0.717) is 24.3 Å². The fourth-order valence-electron chi connectivity index (χ4n) is 2.93. The van der Waals surface area contributed by atoms with E-state index >= 15 is 0 Å². The van der Waals surface area contributed by atoms with Crippen LogP contribution in [0.25, 0.3) is 0 Å². The molecule has 0 aliphatic carbocycles. The van der Waals surface area contributed by atoms with Crippen molar-refractivity contribution < 1.29 is 9.59 Å². The maximum atomic E-state index is 12.2. The number of carbonyl (C=O) groups excluding carboxylic acids is 2. The van der Waals surface area contributed by atoms with Crippen molar-refractivity contribution in [3.05, 3.63) is 83.4 Å². The van der Waals surface area contributed by atoms with Gasteiger partial charge in [-0.1, -0.05) is 24.3 Å². The highest BCUT2D eigenvalue weighted by molar-refractivity contribution is 5.95. The standard InChI is InChI=1S/C22H25N5O2/c1-3-23-21(28)19-7-9-20(10-8-19)26-22(29)25-14-17-5-4-6-18(13-17)15-27-12-11-24-16(27)2/h4-13H,3,14-15H2,1-2H3,(H,23,28)(H2,25,26,29). The summed E-state index contributed by atoms with van der Waals surface area (Å²) < 4.78 is 2.07. The van der Waals surface area contributed by atoms with Gasteiger partial charge in [-0.05, 0) is 49.2 Å². The molecule has 0 spiro atoms. The topological polar surface area (TPSA) is 88.0 Å². The third-order valence-electron chi connectivity index (χ3n) is 4.46. The molecule has 0 atom stereocenters. The molecule has 1 heterocycles. The van der Waals surface area contributed by atoms with Gasteiger partial charge in [0, 0.05) is 43.3 Å². The van der Waals surface area contributed by atoms with Crippen LogP contribution in [0, 0.1) is 6.92 Å². The van der Waals surface area contributed by atoms with E-state index in [0.717, 1.165) is 23.5 Å². The summed E-state index contributed by atoms with van der Waals surface area (Å²) in [5.41, 5.74) is 3.34. The number of hydrogen-bond acceptors (Lipinski definition) is 3. The minimum absolute atomic E-state index is 0.130. The molecule has 2 aromatic carbocycles. The summed E-state index contributed by atoms with van der Waals surface area (Å²) >= 11 is 0. The molecule has 150 valence electrons. The van der Waals surface area contributed by atoms with Crippen LogP contribution < -0.4 is 16.0 Å². The fraction of sp³-hybridized carbons (Fsp3) is 0.227. The summed E-state index contributed by atoms with van der Waals surface area (Å²) in [6.45, 7) is 5.57. The summed E-state index contributed by atoms with van der Waals surface area (Å²) in [6, 6.07) is 14.6. The molecule has 3 aromatic rings. The van der Waals surface area contributed by atoms with Crippen molar-refractivity contribution in [1.82, 2.24) is 20.2 Å². The van der Waals surface area contributed by atoms with E-state index in [1.165, 1.54) is 0 Å². The Labute approximate surface area is 170 Å². The van der Waals surface area contributed by atoms with Crippen molar-refractivity contribution in [2.45, 2.75) is 26.9 Å². The number of aromatic nitrogens is 2. The number of imidazole rings is 1. The number of aryl methyl sites for hydroxylation is 1. The Hall–Kier alpha value is -3.61. The first-order valence-electron chi connectivity index (χ1n) is 9.54. The molecule has 1 aromatic heterocycles. The number of urea groups is 1. The Bertz CT molecular complexity index is 979. The maximum Gasteiger partial charge on any atom is 0.319 e. The van der Waals surface area contributed by atoms with Crippen LogP contribution in [0.5, 0.6) is 0 Å². The van der Waals surface area contributed by atoms with Gasteiger partial charge < -0.3 is 20.5 Å². The van der Waals surface area contributed by atoms with E-state index < -0.39 is 0 Å². The fourth-order valence-corrected chi connectivity index (χ4v) is 2.93. The van der Waals surface area contributed by atoms with Gasteiger partial charge >= 0.3 is 6.03 Å². The van der Waals surface area contributed by atoms with Gasteiger partial charge in [0.05, 0.1) is 0 Å². The molecule has 3 rings (SSSR count). The molecule has 0 saturated heterocycles. The molecule has 0 saturated carbocycles. The number of rotatable bonds is 7. The number of anilines is 1. The van der Waals surface area contributed by atoms with Gasteiger partial charge in [-0.15, -0.1) is 0 Å². The van der Waals surface area contributed by atoms with Crippen LogP contribution in [0.3, 0.4) is 0 Å². The molecule has 3 N–H and O–H groups in total. The van der Waals surface area contributed by atoms with E-state index in [-0.39, 0.29) is 11.9 Å². The maximum absolute atomic E-state index is 12.2. The molecule has 7 heteroatoms. The lowest BCUT2D eigenvalue weighted by molar-refractivity contribution is 0.0956. The number of hydrogen-bond donors (Lipinski definition) is 3.